The molecule has 21 heavy (non-hydrogen) atoms. The standard InChI is InChI=1S/C16H15FN2O2/c1-11(15(20)19-12-7-3-2-4-8-12)18-16(21)13-9-5-6-10-14(13)17/h2-11H,1H3,(H,18,21)(H,19,20)/t11-/m1/s1. The molecule has 0 radical (unpaired) electrons. The van der Waals surface area contributed by atoms with Gasteiger partial charge in [-0.15, -0.1) is 0 Å². The van der Waals surface area contributed by atoms with E-state index in [-0.39, 0.29) is 11.5 Å². The third-order valence-corrected chi connectivity index (χ3v) is 2.90. The van der Waals surface area contributed by atoms with Crippen LogP contribution in [0.2, 0.25) is 0 Å². The summed E-state index contributed by atoms with van der Waals surface area (Å²) in [7, 11) is 0. The van der Waals surface area contributed by atoms with Crippen LogP contribution < -0.4 is 10.6 Å². The third kappa shape index (κ3) is 3.89. The van der Waals surface area contributed by atoms with Crippen LogP contribution in [-0.2, 0) is 4.79 Å². The van der Waals surface area contributed by atoms with Gasteiger partial charge in [0, 0.05) is 5.69 Å². The maximum Gasteiger partial charge on any atom is 0.254 e. The van der Waals surface area contributed by atoms with Gasteiger partial charge in [-0.05, 0) is 31.2 Å². The highest BCUT2D eigenvalue weighted by atomic mass is 19.1. The van der Waals surface area contributed by atoms with Gasteiger partial charge in [0.25, 0.3) is 5.91 Å². The molecule has 2 amide bonds. The van der Waals surface area contributed by atoms with Crippen molar-refractivity contribution in [2.24, 2.45) is 0 Å². The average molecular weight is 286 g/mol. The third-order valence-electron chi connectivity index (χ3n) is 2.90. The molecule has 0 aromatic heterocycles. The van der Waals surface area contributed by atoms with Crippen LogP contribution in [0.15, 0.2) is 54.6 Å². The molecule has 0 fully saturated rings. The fraction of sp³-hybridized carbons (Fsp3) is 0.125. The lowest BCUT2D eigenvalue weighted by Crippen LogP contribution is -2.41. The number of hydrogen-bond donors (Lipinski definition) is 2. The van der Waals surface area contributed by atoms with E-state index in [0.717, 1.165) is 0 Å². The SMILES string of the molecule is C[C@@H](NC(=O)c1ccccc1F)C(=O)Nc1ccccc1. The number of benzene rings is 2. The molecule has 2 N–H and O–H groups in total. The smallest absolute Gasteiger partial charge is 0.254 e. The zero-order valence-corrected chi connectivity index (χ0v) is 11.5. The number of carbonyl (C=O) groups excluding carboxylic acids is 2. The van der Waals surface area contributed by atoms with Gasteiger partial charge in [-0.3, -0.25) is 9.59 Å². The molecule has 0 bridgehead atoms. The average Bonchev–Trinajstić information content (AvgIpc) is 2.48. The van der Waals surface area contributed by atoms with Crippen LogP contribution in [0.4, 0.5) is 10.1 Å². The highest BCUT2D eigenvalue weighted by molar-refractivity contribution is 6.01. The largest absolute Gasteiger partial charge is 0.340 e. The first-order chi connectivity index (χ1) is 10.1. The Morgan fingerprint density at radius 3 is 2.29 bits per heavy atom. The minimum atomic E-state index is -0.780. The number of amides is 2. The van der Waals surface area contributed by atoms with Crippen molar-refractivity contribution in [3.05, 3.63) is 66.0 Å². The second-order valence-electron chi connectivity index (χ2n) is 4.53. The van der Waals surface area contributed by atoms with Gasteiger partial charge < -0.3 is 10.6 Å². The number of carbonyl (C=O) groups is 2. The Morgan fingerprint density at radius 2 is 1.62 bits per heavy atom. The zero-order valence-electron chi connectivity index (χ0n) is 11.5. The van der Waals surface area contributed by atoms with Gasteiger partial charge in [0.15, 0.2) is 0 Å². The van der Waals surface area contributed by atoms with Crippen molar-refractivity contribution in [2.75, 3.05) is 5.32 Å². The van der Waals surface area contributed by atoms with Gasteiger partial charge >= 0.3 is 0 Å². The Balaban J connectivity index is 1.98. The number of hydrogen-bond acceptors (Lipinski definition) is 2. The number of halogens is 1. The van der Waals surface area contributed by atoms with Gasteiger partial charge in [-0.25, -0.2) is 4.39 Å². The van der Waals surface area contributed by atoms with Gasteiger partial charge in [0.1, 0.15) is 11.9 Å². The molecule has 2 rings (SSSR count). The van der Waals surface area contributed by atoms with Gasteiger partial charge in [0.05, 0.1) is 5.56 Å². The summed E-state index contributed by atoms with van der Waals surface area (Å²) < 4.78 is 13.5. The van der Waals surface area contributed by atoms with Crippen LogP contribution in [-0.4, -0.2) is 17.9 Å². The topological polar surface area (TPSA) is 58.2 Å². The van der Waals surface area contributed by atoms with Crippen LogP contribution in [0.5, 0.6) is 0 Å². The lowest BCUT2D eigenvalue weighted by molar-refractivity contribution is -0.117. The predicted octanol–water partition coefficient (Wildman–Crippen LogP) is 2.58. The van der Waals surface area contributed by atoms with Crippen molar-refractivity contribution in [3.8, 4) is 0 Å². The Kier molecular flexibility index (Phi) is 4.66. The van der Waals surface area contributed by atoms with Crippen molar-refractivity contribution < 1.29 is 14.0 Å². The summed E-state index contributed by atoms with van der Waals surface area (Å²) in [5.41, 5.74) is 0.548. The first-order valence-corrected chi connectivity index (χ1v) is 6.49. The Hall–Kier alpha value is -2.69. The maximum atomic E-state index is 13.5. The summed E-state index contributed by atoms with van der Waals surface area (Å²) in [5, 5.41) is 5.13. The van der Waals surface area contributed by atoms with Crippen LogP contribution in [0, 0.1) is 5.82 Å². The molecule has 0 aliphatic carbocycles. The van der Waals surface area contributed by atoms with Crippen LogP contribution in [0.25, 0.3) is 0 Å². The van der Waals surface area contributed by atoms with E-state index >= 15 is 0 Å². The molecule has 0 saturated heterocycles. The second-order valence-corrected chi connectivity index (χ2v) is 4.53. The van der Waals surface area contributed by atoms with Gasteiger partial charge in [-0.1, -0.05) is 30.3 Å². The molecular formula is C16H15FN2O2. The molecule has 0 aliphatic rings. The first kappa shape index (κ1) is 14.7. The molecule has 108 valence electrons. The second kappa shape index (κ2) is 6.65. The fourth-order valence-corrected chi connectivity index (χ4v) is 1.76. The Bertz CT molecular complexity index is 644. The molecule has 1 atom stereocenters. The molecular weight excluding hydrogens is 271 g/mol. The molecule has 0 saturated carbocycles. The molecule has 2 aromatic carbocycles. The summed E-state index contributed by atoms with van der Waals surface area (Å²) in [6.07, 6.45) is 0. The monoisotopic (exact) mass is 286 g/mol. The van der Waals surface area contributed by atoms with Crippen molar-refractivity contribution in [1.29, 1.82) is 0 Å². The first-order valence-electron chi connectivity index (χ1n) is 6.49. The Morgan fingerprint density at radius 1 is 1.00 bits per heavy atom. The minimum Gasteiger partial charge on any atom is -0.340 e. The van der Waals surface area contributed by atoms with E-state index in [4.69, 9.17) is 0 Å². The van der Waals surface area contributed by atoms with E-state index in [0.29, 0.717) is 5.69 Å². The number of anilines is 1. The van der Waals surface area contributed by atoms with Crippen molar-refractivity contribution in [2.45, 2.75) is 13.0 Å². The van der Waals surface area contributed by atoms with E-state index in [1.165, 1.54) is 25.1 Å². The van der Waals surface area contributed by atoms with Crippen LogP contribution in [0.1, 0.15) is 17.3 Å². The van der Waals surface area contributed by atoms with E-state index in [1.807, 2.05) is 6.07 Å². The van der Waals surface area contributed by atoms with E-state index in [2.05, 4.69) is 10.6 Å². The molecule has 0 heterocycles. The lowest BCUT2D eigenvalue weighted by atomic mass is 10.2. The summed E-state index contributed by atoms with van der Waals surface area (Å²) >= 11 is 0. The van der Waals surface area contributed by atoms with Crippen LogP contribution in [0.3, 0.4) is 0 Å². The van der Waals surface area contributed by atoms with Crippen molar-refractivity contribution >= 4 is 17.5 Å². The normalized spacial score (nSPS) is 11.5. The van der Waals surface area contributed by atoms with Gasteiger partial charge in [0.2, 0.25) is 5.91 Å². The molecule has 2 aromatic rings. The zero-order chi connectivity index (χ0) is 15.2. The number of rotatable bonds is 4. The highest BCUT2D eigenvalue weighted by Crippen LogP contribution is 2.08. The van der Waals surface area contributed by atoms with Crippen molar-refractivity contribution in [1.82, 2.24) is 5.32 Å². The summed E-state index contributed by atoms with van der Waals surface area (Å²) in [4.78, 5) is 23.8. The lowest BCUT2D eigenvalue weighted by Gasteiger charge is -2.14. The Labute approximate surface area is 122 Å². The predicted molar refractivity (Wildman–Crippen MR) is 78.4 cm³/mol. The van der Waals surface area contributed by atoms with E-state index < -0.39 is 17.8 Å². The van der Waals surface area contributed by atoms with Gasteiger partial charge in [-0.2, -0.15) is 0 Å². The van der Waals surface area contributed by atoms with Crippen molar-refractivity contribution in [3.63, 3.8) is 0 Å². The molecule has 5 heteroatoms. The molecule has 4 nitrogen and oxygen atoms in total. The number of nitrogens with one attached hydrogen (secondary N) is 2. The molecule has 0 spiro atoms. The van der Waals surface area contributed by atoms with E-state index in [9.17, 15) is 14.0 Å². The summed E-state index contributed by atoms with van der Waals surface area (Å²) in [6.45, 7) is 1.54. The summed E-state index contributed by atoms with van der Waals surface area (Å²) in [6, 6.07) is 13.7. The van der Waals surface area contributed by atoms with E-state index in [1.54, 1.807) is 30.3 Å². The molecule has 0 aliphatic heterocycles. The summed E-state index contributed by atoms with van der Waals surface area (Å²) in [5.74, 6) is -1.61. The molecule has 0 unspecified atom stereocenters. The maximum absolute atomic E-state index is 13.5. The highest BCUT2D eigenvalue weighted by Gasteiger charge is 2.18. The fourth-order valence-electron chi connectivity index (χ4n) is 1.76. The van der Waals surface area contributed by atoms with Crippen LogP contribution >= 0.6 is 0 Å². The minimum absolute atomic E-state index is 0.0862. The quantitative estimate of drug-likeness (QED) is 0.907. The number of para-hydroxylation sites is 1.